The number of nitrogens with one attached hydrogen (secondary N) is 2. The van der Waals surface area contributed by atoms with Crippen molar-refractivity contribution in [1.82, 2.24) is 5.32 Å². The fraction of sp³-hybridized carbons (Fsp3) is 0.207. The standard InChI is InChI=1S/C29H26N2O6/c1-16(2)25(31-28(35)18-8-6-7-17(3)13-18)29(36)37-15-24(32)30-19-11-12-22-23(14-19)27(34)21-10-5-4-9-20(21)26(22)33/h4-14,16,25H,15H2,1-3H3,(H,30,32)(H,31,35). The van der Waals surface area contributed by atoms with Gasteiger partial charge in [-0.2, -0.15) is 0 Å². The van der Waals surface area contributed by atoms with Crippen LogP contribution in [-0.4, -0.2) is 42.0 Å². The Balaban J connectivity index is 1.38. The topological polar surface area (TPSA) is 119 Å². The Morgan fingerprint density at radius 3 is 2.11 bits per heavy atom. The molecule has 0 saturated carbocycles. The number of carbonyl (C=O) groups excluding carboxylic acids is 5. The van der Waals surface area contributed by atoms with Gasteiger partial charge in [-0.25, -0.2) is 4.79 Å². The summed E-state index contributed by atoms with van der Waals surface area (Å²) in [5.74, 6) is -2.64. The number of benzene rings is 3. The molecule has 1 aliphatic rings. The van der Waals surface area contributed by atoms with Crippen LogP contribution < -0.4 is 10.6 Å². The molecule has 1 unspecified atom stereocenters. The van der Waals surface area contributed by atoms with E-state index in [1.54, 1.807) is 56.3 Å². The molecule has 0 bridgehead atoms. The van der Waals surface area contributed by atoms with Crippen LogP contribution in [0.25, 0.3) is 0 Å². The van der Waals surface area contributed by atoms with E-state index in [0.29, 0.717) is 16.7 Å². The highest BCUT2D eigenvalue weighted by Crippen LogP contribution is 2.29. The zero-order chi connectivity index (χ0) is 26.7. The Morgan fingerprint density at radius 1 is 0.811 bits per heavy atom. The van der Waals surface area contributed by atoms with Crippen molar-refractivity contribution in [3.63, 3.8) is 0 Å². The molecule has 37 heavy (non-hydrogen) atoms. The van der Waals surface area contributed by atoms with Crippen LogP contribution in [0.4, 0.5) is 5.69 Å². The lowest BCUT2D eigenvalue weighted by atomic mass is 9.84. The number of hydrogen-bond acceptors (Lipinski definition) is 6. The van der Waals surface area contributed by atoms with Crippen molar-refractivity contribution in [3.8, 4) is 0 Å². The fourth-order valence-corrected chi connectivity index (χ4v) is 4.11. The van der Waals surface area contributed by atoms with Gasteiger partial charge in [-0.3, -0.25) is 19.2 Å². The van der Waals surface area contributed by atoms with Gasteiger partial charge in [0.2, 0.25) is 0 Å². The van der Waals surface area contributed by atoms with Gasteiger partial charge in [0.05, 0.1) is 0 Å². The van der Waals surface area contributed by atoms with Crippen molar-refractivity contribution < 1.29 is 28.7 Å². The maximum Gasteiger partial charge on any atom is 0.329 e. The van der Waals surface area contributed by atoms with E-state index in [4.69, 9.17) is 4.74 Å². The third-order valence-electron chi connectivity index (χ3n) is 6.04. The van der Waals surface area contributed by atoms with E-state index in [1.165, 1.54) is 18.2 Å². The number of ketones is 2. The molecule has 2 amide bonds. The van der Waals surface area contributed by atoms with Crippen molar-refractivity contribution in [2.45, 2.75) is 26.8 Å². The first-order valence-corrected chi connectivity index (χ1v) is 11.8. The number of aryl methyl sites for hydroxylation is 1. The van der Waals surface area contributed by atoms with Crippen LogP contribution in [0.5, 0.6) is 0 Å². The van der Waals surface area contributed by atoms with Gasteiger partial charge in [0.15, 0.2) is 18.2 Å². The van der Waals surface area contributed by atoms with E-state index in [0.717, 1.165) is 5.56 Å². The number of fused-ring (bicyclic) bond motifs is 2. The largest absolute Gasteiger partial charge is 0.454 e. The van der Waals surface area contributed by atoms with Crippen LogP contribution in [0.15, 0.2) is 66.7 Å². The predicted molar refractivity (Wildman–Crippen MR) is 137 cm³/mol. The maximum absolute atomic E-state index is 12.9. The van der Waals surface area contributed by atoms with Gasteiger partial charge in [0, 0.05) is 33.5 Å². The first-order valence-electron chi connectivity index (χ1n) is 11.8. The van der Waals surface area contributed by atoms with E-state index in [1.807, 2.05) is 13.0 Å². The van der Waals surface area contributed by atoms with Crippen LogP contribution in [0, 0.1) is 12.8 Å². The summed E-state index contributed by atoms with van der Waals surface area (Å²) in [5, 5.41) is 5.25. The van der Waals surface area contributed by atoms with Gasteiger partial charge in [-0.1, -0.05) is 55.8 Å². The predicted octanol–water partition coefficient (Wildman–Crippen LogP) is 3.71. The molecule has 3 aromatic carbocycles. The monoisotopic (exact) mass is 498 g/mol. The lowest BCUT2D eigenvalue weighted by Crippen LogP contribution is -2.46. The lowest BCUT2D eigenvalue weighted by molar-refractivity contribution is -0.150. The number of ether oxygens (including phenoxy) is 1. The van der Waals surface area contributed by atoms with Gasteiger partial charge in [-0.15, -0.1) is 0 Å². The first kappa shape index (κ1) is 25.5. The third-order valence-corrected chi connectivity index (χ3v) is 6.04. The van der Waals surface area contributed by atoms with Gasteiger partial charge < -0.3 is 15.4 Å². The van der Waals surface area contributed by atoms with Crippen LogP contribution in [0.1, 0.15) is 61.6 Å². The molecule has 0 spiro atoms. The Morgan fingerprint density at radius 2 is 1.46 bits per heavy atom. The number of esters is 1. The van der Waals surface area contributed by atoms with Crippen molar-refractivity contribution in [2.75, 3.05) is 11.9 Å². The highest BCUT2D eigenvalue weighted by molar-refractivity contribution is 6.28. The molecule has 3 aromatic rings. The molecule has 2 N–H and O–H groups in total. The Kier molecular flexibility index (Phi) is 7.29. The minimum absolute atomic E-state index is 0.192. The molecule has 1 atom stereocenters. The molecule has 0 saturated heterocycles. The average Bonchev–Trinajstić information content (AvgIpc) is 2.88. The van der Waals surface area contributed by atoms with Gasteiger partial charge >= 0.3 is 5.97 Å². The van der Waals surface area contributed by atoms with Crippen LogP contribution in [0.3, 0.4) is 0 Å². The summed E-state index contributed by atoms with van der Waals surface area (Å²) in [6.07, 6.45) is 0. The van der Waals surface area contributed by atoms with Crippen molar-refractivity contribution in [1.29, 1.82) is 0 Å². The number of rotatable bonds is 7. The highest BCUT2D eigenvalue weighted by Gasteiger charge is 2.30. The molecule has 1 aliphatic carbocycles. The van der Waals surface area contributed by atoms with Crippen molar-refractivity contribution in [2.24, 2.45) is 5.92 Å². The van der Waals surface area contributed by atoms with Crippen LogP contribution >= 0.6 is 0 Å². The molecular weight excluding hydrogens is 472 g/mol. The molecule has 0 heterocycles. The summed E-state index contributed by atoms with van der Waals surface area (Å²) in [7, 11) is 0. The average molecular weight is 499 g/mol. The number of anilines is 1. The van der Waals surface area contributed by atoms with E-state index >= 15 is 0 Å². The lowest BCUT2D eigenvalue weighted by Gasteiger charge is -2.21. The smallest absolute Gasteiger partial charge is 0.329 e. The quantitative estimate of drug-likeness (QED) is 0.375. The van der Waals surface area contributed by atoms with Gasteiger partial charge in [-0.05, 0) is 43.2 Å². The van der Waals surface area contributed by atoms with Crippen molar-refractivity contribution >= 4 is 35.0 Å². The molecule has 0 aliphatic heterocycles. The molecule has 0 aromatic heterocycles. The second-order valence-electron chi connectivity index (χ2n) is 9.18. The second kappa shape index (κ2) is 10.6. The van der Waals surface area contributed by atoms with Crippen LogP contribution in [0.2, 0.25) is 0 Å². The summed E-state index contributed by atoms with van der Waals surface area (Å²) in [6, 6.07) is 17.0. The molecule has 8 heteroatoms. The number of carbonyl (C=O) groups is 5. The summed E-state index contributed by atoms with van der Waals surface area (Å²) in [5.41, 5.74) is 2.72. The summed E-state index contributed by atoms with van der Waals surface area (Å²) in [4.78, 5) is 63.4. The minimum atomic E-state index is -0.951. The minimum Gasteiger partial charge on any atom is -0.454 e. The van der Waals surface area contributed by atoms with E-state index in [9.17, 15) is 24.0 Å². The normalized spacial score (nSPS) is 12.9. The summed E-state index contributed by atoms with van der Waals surface area (Å²) < 4.78 is 5.17. The fourth-order valence-electron chi connectivity index (χ4n) is 4.11. The van der Waals surface area contributed by atoms with Crippen LogP contribution in [-0.2, 0) is 14.3 Å². The van der Waals surface area contributed by atoms with Gasteiger partial charge in [0.1, 0.15) is 6.04 Å². The summed E-state index contributed by atoms with van der Waals surface area (Å²) in [6.45, 7) is 4.78. The third kappa shape index (κ3) is 5.48. The Hall–Kier alpha value is -4.59. The zero-order valence-corrected chi connectivity index (χ0v) is 20.7. The van der Waals surface area contributed by atoms with E-state index in [-0.39, 0.29) is 34.3 Å². The molecular formula is C29H26N2O6. The van der Waals surface area contributed by atoms with Crippen molar-refractivity contribution in [3.05, 3.63) is 100 Å². The highest BCUT2D eigenvalue weighted by atomic mass is 16.5. The molecule has 188 valence electrons. The maximum atomic E-state index is 12.9. The molecule has 8 nitrogen and oxygen atoms in total. The van der Waals surface area contributed by atoms with Gasteiger partial charge in [0.25, 0.3) is 11.8 Å². The molecule has 4 rings (SSSR count). The number of amides is 2. The zero-order valence-electron chi connectivity index (χ0n) is 20.7. The second-order valence-corrected chi connectivity index (χ2v) is 9.18. The number of hydrogen-bond donors (Lipinski definition) is 2. The SMILES string of the molecule is Cc1cccc(C(=O)NC(C(=O)OCC(=O)Nc2ccc3c(c2)C(=O)c2ccccc2C3=O)C(C)C)c1. The summed E-state index contributed by atoms with van der Waals surface area (Å²) >= 11 is 0. The van der Waals surface area contributed by atoms with E-state index < -0.39 is 30.4 Å². The Labute approximate surface area is 214 Å². The molecule has 0 radical (unpaired) electrons. The van der Waals surface area contributed by atoms with E-state index in [2.05, 4.69) is 10.6 Å². The Bertz CT molecular complexity index is 1430. The first-order chi connectivity index (χ1) is 17.7. The molecule has 0 fully saturated rings.